The fourth-order valence-electron chi connectivity index (χ4n) is 6.25. The van der Waals surface area contributed by atoms with Gasteiger partial charge in [0.15, 0.2) is 0 Å². The first kappa shape index (κ1) is 43.0. The summed E-state index contributed by atoms with van der Waals surface area (Å²) in [5.41, 5.74) is 3.54. The fraction of sp³-hybridized carbons (Fsp3) is 0.116. The molecule has 0 aliphatic heterocycles. The molecular weight excluding hydrogens is 788 g/mol. The van der Waals surface area contributed by atoms with Crippen LogP contribution in [0.1, 0.15) is 14.9 Å². The Kier molecular flexibility index (Phi) is 12.2. The van der Waals surface area contributed by atoms with Crippen molar-refractivity contribution in [3.05, 3.63) is 166 Å². The number of H-pyrrole nitrogens is 1. The molecule has 4 aromatic carbocycles. The highest BCUT2D eigenvalue weighted by Crippen LogP contribution is 2.31. The van der Waals surface area contributed by atoms with E-state index in [1.165, 1.54) is 57.7 Å². The Balaban J connectivity index is 0.000000217. The van der Waals surface area contributed by atoms with Gasteiger partial charge in [0, 0.05) is 65.1 Å². The minimum absolute atomic E-state index is 0. The maximum atomic E-state index is 13.3. The third-order valence-corrected chi connectivity index (χ3v) is 8.78. The van der Waals surface area contributed by atoms with Gasteiger partial charge in [-0.25, -0.2) is 8.78 Å². The number of aromatic amines is 1. The first-order chi connectivity index (χ1) is 27.0. The number of hydrogen-bond donors (Lipinski definition) is 1. The second-order valence-electron chi connectivity index (χ2n) is 12.5. The molecule has 306 valence electrons. The highest BCUT2D eigenvalue weighted by atomic mass is 19.4. The van der Waals surface area contributed by atoms with Crippen LogP contribution >= 0.6 is 0 Å². The molecule has 0 bridgehead atoms. The maximum absolute atomic E-state index is 13.3. The van der Waals surface area contributed by atoms with Gasteiger partial charge in [-0.15, -0.1) is 26.3 Å². The highest BCUT2D eigenvalue weighted by Gasteiger charge is 2.32. The van der Waals surface area contributed by atoms with Crippen molar-refractivity contribution in [1.29, 1.82) is 0 Å². The summed E-state index contributed by atoms with van der Waals surface area (Å²) in [6.45, 7) is 0. The van der Waals surface area contributed by atoms with Crippen LogP contribution < -0.4 is 20.6 Å². The van der Waals surface area contributed by atoms with E-state index >= 15 is 0 Å². The van der Waals surface area contributed by atoms with Gasteiger partial charge in [0.2, 0.25) is 0 Å². The largest absolute Gasteiger partial charge is 0.573 e. The van der Waals surface area contributed by atoms with Crippen molar-refractivity contribution in [2.45, 2.75) is 27.6 Å². The van der Waals surface area contributed by atoms with E-state index in [2.05, 4.69) is 14.5 Å². The van der Waals surface area contributed by atoms with Gasteiger partial charge in [-0.3, -0.25) is 18.7 Å². The average molecular weight is 823 g/mol. The lowest BCUT2D eigenvalue weighted by molar-refractivity contribution is -0.275. The van der Waals surface area contributed by atoms with Crippen LogP contribution in [0.2, 0.25) is 0 Å². The van der Waals surface area contributed by atoms with Crippen molar-refractivity contribution in [3.63, 3.8) is 0 Å². The molecule has 0 fully saturated rings. The molecule has 0 saturated carbocycles. The molecule has 0 spiro atoms. The van der Waals surface area contributed by atoms with E-state index in [4.69, 9.17) is 0 Å². The van der Waals surface area contributed by atoms with Crippen molar-refractivity contribution in [3.8, 4) is 45.1 Å². The Bertz CT molecular complexity index is 2820. The van der Waals surface area contributed by atoms with Crippen molar-refractivity contribution in [1.82, 2.24) is 18.7 Å². The van der Waals surface area contributed by atoms with Gasteiger partial charge in [-0.1, -0.05) is 39.1 Å². The highest BCUT2D eigenvalue weighted by molar-refractivity contribution is 5.95. The van der Waals surface area contributed by atoms with Crippen molar-refractivity contribution in [2.75, 3.05) is 0 Å². The number of rotatable bonds is 6. The predicted octanol–water partition coefficient (Wildman–Crippen LogP) is 11.3. The number of hydrogen-bond acceptors (Lipinski definition) is 4. The Labute approximate surface area is 330 Å². The van der Waals surface area contributed by atoms with Gasteiger partial charge in [0.1, 0.15) is 34.2 Å². The van der Waals surface area contributed by atoms with Gasteiger partial charge in [0.05, 0.1) is 0 Å². The number of pyridine rings is 2. The molecule has 0 atom stereocenters. The number of alkyl halides is 6. The zero-order valence-electron chi connectivity index (χ0n) is 29.2. The summed E-state index contributed by atoms with van der Waals surface area (Å²) >= 11 is 0. The van der Waals surface area contributed by atoms with E-state index in [1.54, 1.807) is 72.8 Å². The van der Waals surface area contributed by atoms with Crippen LogP contribution in [0.15, 0.2) is 144 Å². The Hall–Kier alpha value is -7.10. The van der Waals surface area contributed by atoms with Crippen LogP contribution in [0.3, 0.4) is 0 Å². The van der Waals surface area contributed by atoms with Crippen LogP contribution in [0, 0.1) is 11.6 Å². The molecular formula is C43H34F8N4O4. The lowest BCUT2D eigenvalue weighted by Crippen LogP contribution is -2.20. The molecule has 0 unspecified atom stereocenters. The second-order valence-corrected chi connectivity index (χ2v) is 12.5. The van der Waals surface area contributed by atoms with Crippen LogP contribution in [0.25, 0.3) is 55.4 Å². The molecule has 0 saturated heterocycles. The van der Waals surface area contributed by atoms with E-state index < -0.39 is 12.7 Å². The molecule has 1 N–H and O–H groups in total. The Morgan fingerprint density at radius 3 is 1.41 bits per heavy atom. The lowest BCUT2D eigenvalue weighted by atomic mass is 10.0. The van der Waals surface area contributed by atoms with Crippen LogP contribution in [-0.2, 0) is 7.05 Å². The fourth-order valence-corrected chi connectivity index (χ4v) is 6.25. The van der Waals surface area contributed by atoms with Crippen molar-refractivity contribution in [2.24, 2.45) is 7.05 Å². The molecule has 0 aliphatic rings. The SMILES string of the molecule is C.C.Cn1ccc2c(-c3ccc(F)cc3)cn(-c3ccc(OC(F)(F)F)cc3)c(=O)c21.O=c1c2[nH]ccc2c(-c2ccc(F)cc2)cn1-c1ccc(OC(F)(F)F)cc1. The van der Waals surface area contributed by atoms with Gasteiger partial charge >= 0.3 is 12.7 Å². The molecule has 4 aromatic heterocycles. The minimum Gasteiger partial charge on any atom is -0.406 e. The molecule has 8 rings (SSSR count). The van der Waals surface area contributed by atoms with E-state index in [1.807, 2.05) is 0 Å². The predicted molar refractivity (Wildman–Crippen MR) is 210 cm³/mol. The van der Waals surface area contributed by atoms with Crippen LogP contribution in [-0.4, -0.2) is 31.4 Å². The van der Waals surface area contributed by atoms with Gasteiger partial charge in [-0.2, -0.15) is 0 Å². The minimum atomic E-state index is -4.80. The monoisotopic (exact) mass is 822 g/mol. The zero-order valence-corrected chi connectivity index (χ0v) is 29.2. The topological polar surface area (TPSA) is 83.2 Å². The van der Waals surface area contributed by atoms with Gasteiger partial charge in [0.25, 0.3) is 11.1 Å². The normalized spacial score (nSPS) is 11.3. The lowest BCUT2D eigenvalue weighted by Gasteiger charge is -2.13. The van der Waals surface area contributed by atoms with E-state index in [0.717, 1.165) is 24.3 Å². The zero-order chi connectivity index (χ0) is 40.6. The van der Waals surface area contributed by atoms with Crippen LogP contribution in [0.4, 0.5) is 35.1 Å². The summed E-state index contributed by atoms with van der Waals surface area (Å²) in [4.78, 5) is 28.7. The molecule has 0 radical (unpaired) electrons. The summed E-state index contributed by atoms with van der Waals surface area (Å²) in [5, 5.41) is 1.35. The Morgan fingerprint density at radius 2 is 0.966 bits per heavy atom. The molecule has 8 nitrogen and oxygen atoms in total. The summed E-state index contributed by atoms with van der Waals surface area (Å²) in [6.07, 6.45) is -3.07. The first-order valence-corrected chi connectivity index (χ1v) is 16.7. The van der Waals surface area contributed by atoms with Gasteiger partial charge in [-0.05, 0) is 96.1 Å². The number of ether oxygens (including phenoxy) is 2. The molecule has 59 heavy (non-hydrogen) atoms. The van der Waals surface area contributed by atoms with E-state index in [-0.39, 0.29) is 49.1 Å². The van der Waals surface area contributed by atoms with E-state index in [0.29, 0.717) is 55.4 Å². The molecule has 0 amide bonds. The number of aryl methyl sites for hydroxylation is 1. The summed E-state index contributed by atoms with van der Waals surface area (Å²) < 4.78 is 113. The third kappa shape index (κ3) is 9.38. The maximum Gasteiger partial charge on any atom is 0.573 e. The number of fused-ring (bicyclic) bond motifs is 2. The average Bonchev–Trinajstić information content (AvgIpc) is 3.81. The summed E-state index contributed by atoms with van der Waals surface area (Å²) in [5.74, 6) is -1.54. The molecule has 4 heterocycles. The molecule has 0 aliphatic carbocycles. The summed E-state index contributed by atoms with van der Waals surface area (Å²) in [6, 6.07) is 25.2. The third-order valence-electron chi connectivity index (χ3n) is 8.78. The van der Waals surface area contributed by atoms with Crippen LogP contribution in [0.5, 0.6) is 11.5 Å². The van der Waals surface area contributed by atoms with Crippen molar-refractivity contribution < 1.29 is 44.6 Å². The standard InChI is InChI=1S/C21H14F4N2O2.C20H12F4N2O2.2CH4/c1-26-11-10-17-18(13-2-4-14(22)5-3-13)12-27(20(28)19(17)26)15-6-8-16(9-7-15)29-21(23,24)25;21-13-3-1-12(2-4-13)17-11-26(19(27)18-16(17)9-10-25-18)14-5-7-15(8-6-14)28-20(22,23)24;;/h2-12H,1H3;1-11,25H;2*1H4. The first-order valence-electron chi connectivity index (χ1n) is 16.7. The number of aromatic nitrogens is 4. The van der Waals surface area contributed by atoms with Crippen molar-refractivity contribution >= 4 is 21.8 Å². The van der Waals surface area contributed by atoms with Gasteiger partial charge < -0.3 is 19.0 Å². The number of benzene rings is 4. The number of halogens is 8. The molecule has 8 aromatic rings. The quantitative estimate of drug-likeness (QED) is 0.169. The Morgan fingerprint density at radius 1 is 0.542 bits per heavy atom. The smallest absolute Gasteiger partial charge is 0.406 e. The number of nitrogens with zero attached hydrogens (tertiary/aromatic N) is 3. The number of nitrogens with one attached hydrogen (secondary N) is 1. The molecule has 16 heteroatoms. The van der Waals surface area contributed by atoms with E-state index in [9.17, 15) is 44.7 Å². The summed E-state index contributed by atoms with van der Waals surface area (Å²) in [7, 11) is 1.72. The second kappa shape index (κ2) is 16.8.